The molecule has 26 heavy (non-hydrogen) atoms. The number of hydrogen-bond acceptors (Lipinski definition) is 2. The number of nitrogens with one attached hydrogen (secondary N) is 2. The number of carbonyl (C=O) groups is 2. The molecular formula is C19H15F3N2O2. The molecule has 2 rings (SSSR count). The number of amides is 2. The fourth-order valence-electron chi connectivity index (χ4n) is 1.98. The van der Waals surface area contributed by atoms with Crippen molar-refractivity contribution >= 4 is 11.8 Å². The van der Waals surface area contributed by atoms with Gasteiger partial charge in [-0.3, -0.25) is 9.59 Å². The summed E-state index contributed by atoms with van der Waals surface area (Å²) in [7, 11) is 0. The Kier molecular flexibility index (Phi) is 6.39. The summed E-state index contributed by atoms with van der Waals surface area (Å²) in [5.41, 5.74) is -0.145. The third-order valence-electron chi connectivity index (χ3n) is 3.24. The predicted octanol–water partition coefficient (Wildman–Crippen LogP) is 2.60. The number of rotatable bonds is 4. The van der Waals surface area contributed by atoms with E-state index in [9.17, 15) is 22.8 Å². The van der Waals surface area contributed by atoms with Crippen LogP contribution in [0.15, 0.2) is 54.6 Å². The second-order valence-electron chi connectivity index (χ2n) is 5.21. The van der Waals surface area contributed by atoms with E-state index in [-0.39, 0.29) is 24.6 Å². The Bertz CT molecular complexity index is 837. The zero-order valence-corrected chi connectivity index (χ0v) is 13.6. The summed E-state index contributed by atoms with van der Waals surface area (Å²) in [4.78, 5) is 23.4. The third kappa shape index (κ3) is 5.98. The van der Waals surface area contributed by atoms with Crippen molar-refractivity contribution in [2.75, 3.05) is 13.1 Å². The highest BCUT2D eigenvalue weighted by Crippen LogP contribution is 2.29. The van der Waals surface area contributed by atoms with Gasteiger partial charge < -0.3 is 10.6 Å². The van der Waals surface area contributed by atoms with Crippen molar-refractivity contribution in [1.29, 1.82) is 0 Å². The van der Waals surface area contributed by atoms with Gasteiger partial charge in [0.1, 0.15) is 0 Å². The Balaban J connectivity index is 1.79. The minimum Gasteiger partial charge on any atom is -0.344 e. The SMILES string of the molecule is O=C(CNC(=O)c1ccccc1)NCC#Cc1cccc(C(F)(F)F)c1. The molecule has 0 aliphatic rings. The van der Waals surface area contributed by atoms with E-state index in [4.69, 9.17) is 0 Å². The molecule has 4 nitrogen and oxygen atoms in total. The lowest BCUT2D eigenvalue weighted by molar-refractivity contribution is -0.137. The number of hydrogen-bond donors (Lipinski definition) is 2. The first-order valence-electron chi connectivity index (χ1n) is 7.62. The van der Waals surface area contributed by atoms with Gasteiger partial charge in [0, 0.05) is 11.1 Å². The highest BCUT2D eigenvalue weighted by molar-refractivity contribution is 5.96. The molecule has 0 bridgehead atoms. The van der Waals surface area contributed by atoms with Crippen LogP contribution in [0.25, 0.3) is 0 Å². The Morgan fingerprint density at radius 3 is 2.38 bits per heavy atom. The molecule has 2 aromatic rings. The first kappa shape index (κ1) is 19.1. The van der Waals surface area contributed by atoms with Crippen molar-refractivity contribution in [2.45, 2.75) is 6.18 Å². The van der Waals surface area contributed by atoms with Gasteiger partial charge in [0.05, 0.1) is 18.7 Å². The third-order valence-corrected chi connectivity index (χ3v) is 3.24. The number of carbonyl (C=O) groups excluding carboxylic acids is 2. The van der Waals surface area contributed by atoms with E-state index in [0.29, 0.717) is 5.56 Å². The molecule has 0 saturated carbocycles. The Labute approximate surface area is 148 Å². The van der Waals surface area contributed by atoms with E-state index in [1.807, 2.05) is 0 Å². The highest BCUT2D eigenvalue weighted by Gasteiger charge is 2.30. The minimum atomic E-state index is -4.43. The first-order chi connectivity index (χ1) is 12.4. The zero-order chi connectivity index (χ0) is 19.0. The number of benzene rings is 2. The van der Waals surface area contributed by atoms with Crippen LogP contribution in [-0.2, 0) is 11.0 Å². The van der Waals surface area contributed by atoms with Crippen molar-refractivity contribution in [3.05, 3.63) is 71.3 Å². The predicted molar refractivity (Wildman–Crippen MR) is 90.1 cm³/mol. The van der Waals surface area contributed by atoms with Gasteiger partial charge >= 0.3 is 6.18 Å². The Hall–Kier alpha value is -3.27. The maximum Gasteiger partial charge on any atom is 0.416 e. The summed E-state index contributed by atoms with van der Waals surface area (Å²) in [6, 6.07) is 13.0. The lowest BCUT2D eigenvalue weighted by Gasteiger charge is -2.06. The summed E-state index contributed by atoms with van der Waals surface area (Å²) in [6.45, 7) is -0.269. The fourth-order valence-corrected chi connectivity index (χ4v) is 1.98. The number of halogens is 3. The molecule has 2 aromatic carbocycles. The molecule has 2 amide bonds. The second-order valence-corrected chi connectivity index (χ2v) is 5.21. The van der Waals surface area contributed by atoms with Crippen molar-refractivity contribution in [3.8, 4) is 11.8 Å². The molecule has 0 aliphatic carbocycles. The lowest BCUT2D eigenvalue weighted by atomic mass is 10.1. The van der Waals surface area contributed by atoms with Gasteiger partial charge in [-0.1, -0.05) is 36.1 Å². The fraction of sp³-hybridized carbons (Fsp3) is 0.158. The van der Waals surface area contributed by atoms with Crippen LogP contribution >= 0.6 is 0 Å². The molecule has 0 aromatic heterocycles. The van der Waals surface area contributed by atoms with Crippen molar-refractivity contribution in [3.63, 3.8) is 0 Å². The Morgan fingerprint density at radius 1 is 0.962 bits per heavy atom. The standard InChI is InChI=1S/C19H15F3N2O2/c20-19(21,22)16-10-4-6-14(12-16)7-5-11-23-17(25)13-24-18(26)15-8-2-1-3-9-15/h1-4,6,8-10,12H,11,13H2,(H,23,25)(H,24,26). The monoisotopic (exact) mass is 360 g/mol. The van der Waals surface area contributed by atoms with Crippen molar-refractivity contribution < 1.29 is 22.8 Å². The van der Waals surface area contributed by atoms with Gasteiger partial charge in [-0.05, 0) is 30.3 Å². The number of alkyl halides is 3. The Morgan fingerprint density at radius 2 is 1.69 bits per heavy atom. The molecule has 0 unspecified atom stereocenters. The first-order valence-corrected chi connectivity index (χ1v) is 7.62. The largest absolute Gasteiger partial charge is 0.416 e. The van der Waals surface area contributed by atoms with Crippen LogP contribution in [0, 0.1) is 11.8 Å². The summed E-state index contributed by atoms with van der Waals surface area (Å²) in [5, 5.41) is 4.91. The van der Waals surface area contributed by atoms with Crippen LogP contribution in [0.3, 0.4) is 0 Å². The quantitative estimate of drug-likeness (QED) is 0.824. The molecular weight excluding hydrogens is 345 g/mol. The molecule has 0 radical (unpaired) electrons. The van der Waals surface area contributed by atoms with Gasteiger partial charge in [-0.15, -0.1) is 0 Å². The maximum absolute atomic E-state index is 12.6. The lowest BCUT2D eigenvalue weighted by Crippen LogP contribution is -2.37. The molecule has 0 saturated heterocycles. The summed E-state index contributed by atoms with van der Waals surface area (Å²) >= 11 is 0. The normalized spacial score (nSPS) is 10.4. The molecule has 0 atom stereocenters. The molecule has 0 spiro atoms. The summed E-state index contributed by atoms with van der Waals surface area (Å²) in [5.74, 6) is 4.29. The van der Waals surface area contributed by atoms with Crippen LogP contribution in [0.1, 0.15) is 21.5 Å². The maximum atomic E-state index is 12.6. The van der Waals surface area contributed by atoms with E-state index in [1.54, 1.807) is 30.3 Å². The van der Waals surface area contributed by atoms with Crippen LogP contribution in [0.2, 0.25) is 0 Å². The average molecular weight is 360 g/mol. The van der Waals surface area contributed by atoms with Gasteiger partial charge in [0.25, 0.3) is 5.91 Å². The molecule has 2 N–H and O–H groups in total. The van der Waals surface area contributed by atoms with Crippen LogP contribution in [-0.4, -0.2) is 24.9 Å². The van der Waals surface area contributed by atoms with Gasteiger partial charge in [-0.2, -0.15) is 13.2 Å². The van der Waals surface area contributed by atoms with Crippen LogP contribution in [0.4, 0.5) is 13.2 Å². The molecule has 0 aliphatic heterocycles. The van der Waals surface area contributed by atoms with Crippen molar-refractivity contribution in [2.24, 2.45) is 0 Å². The smallest absolute Gasteiger partial charge is 0.344 e. The molecule has 134 valence electrons. The average Bonchev–Trinajstić information content (AvgIpc) is 2.63. The molecule has 0 heterocycles. The van der Waals surface area contributed by atoms with Crippen LogP contribution in [0.5, 0.6) is 0 Å². The van der Waals surface area contributed by atoms with E-state index < -0.39 is 17.6 Å². The molecule has 7 heteroatoms. The topological polar surface area (TPSA) is 58.2 Å². The van der Waals surface area contributed by atoms with E-state index in [1.165, 1.54) is 12.1 Å². The second kappa shape index (κ2) is 8.72. The summed E-state index contributed by atoms with van der Waals surface area (Å²) < 4.78 is 37.8. The van der Waals surface area contributed by atoms with E-state index in [0.717, 1.165) is 12.1 Å². The summed E-state index contributed by atoms with van der Waals surface area (Å²) in [6.07, 6.45) is -4.43. The molecule has 0 fully saturated rings. The van der Waals surface area contributed by atoms with Gasteiger partial charge in [0.2, 0.25) is 5.91 Å². The van der Waals surface area contributed by atoms with Crippen molar-refractivity contribution in [1.82, 2.24) is 10.6 Å². The minimum absolute atomic E-state index is 0.0454. The van der Waals surface area contributed by atoms with E-state index >= 15 is 0 Å². The van der Waals surface area contributed by atoms with E-state index in [2.05, 4.69) is 22.5 Å². The highest BCUT2D eigenvalue weighted by atomic mass is 19.4. The zero-order valence-electron chi connectivity index (χ0n) is 13.6. The van der Waals surface area contributed by atoms with Gasteiger partial charge in [0.15, 0.2) is 0 Å². The van der Waals surface area contributed by atoms with Gasteiger partial charge in [-0.25, -0.2) is 0 Å². The van der Waals surface area contributed by atoms with Crippen LogP contribution < -0.4 is 10.6 Å².